The van der Waals surface area contributed by atoms with Crippen molar-refractivity contribution in [2.45, 2.75) is 143 Å². The molecule has 0 aliphatic rings. The van der Waals surface area contributed by atoms with Crippen molar-refractivity contribution in [3.8, 4) is 0 Å². The average molecular weight is 677 g/mol. The van der Waals surface area contributed by atoms with E-state index in [4.69, 9.17) is 0 Å². The lowest BCUT2D eigenvalue weighted by molar-refractivity contribution is -0.327. The van der Waals surface area contributed by atoms with Crippen LogP contribution in [0.3, 0.4) is 0 Å². The number of carbonyl (C=O) groups is 1. The Morgan fingerprint density at radius 3 is 0.690 bits per heavy atom. The number of ether oxygens (including phenoxy) is 1. The predicted molar refractivity (Wildman–Crippen MR) is 182 cm³/mol. The summed E-state index contributed by atoms with van der Waals surface area (Å²) in [6.07, 6.45) is -0.337. The van der Waals surface area contributed by atoms with E-state index in [0.29, 0.717) is 5.41 Å². The quantitative estimate of drug-likeness (QED) is 0.239. The average Bonchev–Trinajstić information content (AvgIpc) is 2.60. The Labute approximate surface area is 264 Å². The lowest BCUT2D eigenvalue weighted by Crippen LogP contribution is -2.44. The second kappa shape index (κ2) is 44.9. The van der Waals surface area contributed by atoms with Gasteiger partial charge in [-0.25, -0.2) is 8.42 Å². The zero-order valence-corrected chi connectivity index (χ0v) is 31.0. The van der Waals surface area contributed by atoms with Crippen LogP contribution < -0.4 is 0 Å². The van der Waals surface area contributed by atoms with E-state index in [-0.39, 0.29) is 34.5 Å². The van der Waals surface area contributed by atoms with Crippen molar-refractivity contribution >= 4 is 27.4 Å². The van der Waals surface area contributed by atoms with Crippen LogP contribution in [-0.2, 0) is 19.4 Å². The minimum atomic E-state index is -5.24. The van der Waals surface area contributed by atoms with E-state index in [1.807, 2.05) is 12.5 Å². The van der Waals surface area contributed by atoms with Crippen molar-refractivity contribution in [3.63, 3.8) is 0 Å². The van der Waals surface area contributed by atoms with Crippen molar-refractivity contribution in [1.82, 2.24) is 0 Å². The summed E-state index contributed by atoms with van der Waals surface area (Å²) < 4.78 is 93.2. The van der Waals surface area contributed by atoms with Crippen LogP contribution in [0.2, 0.25) is 0 Å². The number of thioether (sulfide) groups is 1. The number of hydrogen-bond acceptors (Lipinski definition) is 5. The summed E-state index contributed by atoms with van der Waals surface area (Å²) in [6.45, 7) is 24.8. The van der Waals surface area contributed by atoms with Gasteiger partial charge >= 0.3 is 12.4 Å². The minimum Gasteiger partial charge on any atom is -0.388 e. The van der Waals surface area contributed by atoms with Gasteiger partial charge in [0.05, 0.1) is 0 Å². The van der Waals surface area contributed by atoms with Crippen LogP contribution in [0, 0.1) is 10.8 Å². The van der Waals surface area contributed by atoms with Gasteiger partial charge in [-0.15, -0.1) is 0 Å². The Balaban J connectivity index is -0.0000000301. The highest BCUT2D eigenvalue weighted by Gasteiger charge is 2.64. The number of ketones is 1. The van der Waals surface area contributed by atoms with Crippen LogP contribution in [0.4, 0.5) is 26.3 Å². The highest BCUT2D eigenvalue weighted by molar-refractivity contribution is 7.97. The zero-order valence-electron chi connectivity index (χ0n) is 29.3. The highest BCUT2D eigenvalue weighted by Crippen LogP contribution is 2.49. The summed E-state index contributed by atoms with van der Waals surface area (Å²) in [4.78, 5) is 9.44. The molecule has 0 aromatic carbocycles. The number of alkyl halides is 6. The molecular weight excluding hydrogens is 602 g/mol. The van der Waals surface area contributed by atoms with Crippen LogP contribution in [-0.4, -0.2) is 65.8 Å². The van der Waals surface area contributed by atoms with Crippen LogP contribution in [0.25, 0.3) is 0 Å². The van der Waals surface area contributed by atoms with Gasteiger partial charge in [-0.1, -0.05) is 103 Å². The van der Waals surface area contributed by atoms with Crippen molar-refractivity contribution in [3.05, 3.63) is 0 Å². The Morgan fingerprint density at radius 1 is 0.643 bits per heavy atom. The third kappa shape index (κ3) is 191. The second-order valence-electron chi connectivity index (χ2n) is 10.6. The van der Waals surface area contributed by atoms with E-state index >= 15 is 0 Å². The van der Waals surface area contributed by atoms with Gasteiger partial charge in [-0.2, -0.15) is 38.1 Å². The summed E-state index contributed by atoms with van der Waals surface area (Å²) in [7, 11) is 0.583. The molecule has 0 saturated heterocycles. The fourth-order valence-corrected chi connectivity index (χ4v) is 0.161. The Hall–Kier alpha value is -0.490. The van der Waals surface area contributed by atoms with E-state index in [2.05, 4.69) is 74.0 Å². The summed E-state index contributed by atoms with van der Waals surface area (Å²) in [5.74, 6) is 0.167. The smallest absolute Gasteiger partial charge is 0.388 e. The molecule has 0 bridgehead atoms. The van der Waals surface area contributed by atoms with Gasteiger partial charge in [0.15, 0.2) is 5.41 Å². The first-order valence-electron chi connectivity index (χ1n) is 12.9. The molecule has 0 aromatic heterocycles. The van der Waals surface area contributed by atoms with Gasteiger partial charge in [0, 0.05) is 26.7 Å². The maximum Gasteiger partial charge on any atom is 0.402 e. The summed E-state index contributed by atoms with van der Waals surface area (Å²) in [5.41, 5.74) is -3.12. The maximum atomic E-state index is 11.6. The number of halogens is 6. The molecule has 0 aliphatic heterocycles. The lowest BCUT2D eigenvalue weighted by atomic mass is 9.92. The summed E-state index contributed by atoms with van der Waals surface area (Å²) >= 11 is 1.75. The molecule has 0 unspecified atom stereocenters. The molecule has 0 fully saturated rings. The van der Waals surface area contributed by atoms with Crippen LogP contribution >= 0.6 is 11.8 Å². The van der Waals surface area contributed by atoms with Gasteiger partial charge in [0.1, 0.15) is 15.6 Å². The first kappa shape index (κ1) is 73.2. The third-order valence-electron chi connectivity index (χ3n) is 1.42. The molecule has 272 valence electrons. The molecule has 0 spiro atoms. The molecule has 4 nitrogen and oxygen atoms in total. The van der Waals surface area contributed by atoms with Crippen molar-refractivity contribution < 1.29 is 44.3 Å². The predicted octanol–water partition coefficient (Wildman–Crippen LogP) is 12.2. The van der Waals surface area contributed by atoms with Crippen molar-refractivity contribution in [2.75, 3.05) is 39.2 Å². The molecule has 0 N–H and O–H groups in total. The first-order valence-corrected chi connectivity index (χ1v) is 16.8. The standard InChI is InChI=1S/C5H6F6.C5H12.C3H6O.3C3H8.C2H6O2S.C2H6O.C2H6S.2CH4/c1-3(2,4(6,7)8)5(9,10)11;1-5(2,3)4;1-3(2)4;3*1-3-2;1-5(2,3)4;2*1-3-2;;/h1-2H3;1-4H3;1-2H3;3*3H2,1-2H3;1-2H3;2*1-2H3;2*1H4. The Kier molecular flexibility index (Phi) is 78.3. The zero-order chi connectivity index (χ0) is 35.6. The number of Topliss-reactive ketones (excluding diaryl/α,β-unsaturated/α-hetero) is 1. The third-order valence-corrected chi connectivity index (χ3v) is 1.42. The maximum absolute atomic E-state index is 11.6. The molecular formula is C30H74F6O4S2. The van der Waals surface area contributed by atoms with Crippen LogP contribution in [0.1, 0.15) is 131 Å². The Bertz CT molecular complexity index is 510. The number of sulfone groups is 1. The van der Waals surface area contributed by atoms with E-state index in [1.165, 1.54) is 33.1 Å². The molecule has 0 heterocycles. The van der Waals surface area contributed by atoms with E-state index in [0.717, 1.165) is 12.5 Å². The van der Waals surface area contributed by atoms with Crippen molar-refractivity contribution in [1.29, 1.82) is 0 Å². The molecule has 0 saturated carbocycles. The molecule has 0 atom stereocenters. The molecule has 0 radical (unpaired) electrons. The van der Waals surface area contributed by atoms with Gasteiger partial charge in [0.25, 0.3) is 0 Å². The van der Waals surface area contributed by atoms with Crippen molar-refractivity contribution in [2.24, 2.45) is 10.8 Å². The number of rotatable bonds is 0. The van der Waals surface area contributed by atoms with Crippen LogP contribution in [0.5, 0.6) is 0 Å². The van der Waals surface area contributed by atoms with E-state index in [1.54, 1.807) is 26.0 Å². The number of carbonyl (C=O) groups excluding carboxylic acids is 1. The first-order chi connectivity index (χ1) is 17.3. The van der Waals surface area contributed by atoms with E-state index < -0.39 is 27.6 Å². The monoisotopic (exact) mass is 676 g/mol. The molecule has 42 heavy (non-hydrogen) atoms. The topological polar surface area (TPSA) is 60.4 Å². The highest BCUT2D eigenvalue weighted by atomic mass is 32.2. The largest absolute Gasteiger partial charge is 0.402 e. The van der Waals surface area contributed by atoms with E-state index in [9.17, 15) is 39.6 Å². The SMILES string of the molecule is C.C.CC(C)(C(F)(F)F)C(F)(F)F.CC(C)(C)C.CC(C)=O.CCC.CCC.CCC.COC.CS(C)(=O)=O.CSC. The number of methoxy groups -OCH3 is 1. The number of hydrogen-bond donors (Lipinski definition) is 0. The van der Waals surface area contributed by atoms with Gasteiger partial charge in [0.2, 0.25) is 0 Å². The molecule has 0 aliphatic carbocycles. The molecule has 0 amide bonds. The van der Waals surface area contributed by atoms with Gasteiger partial charge in [-0.05, 0) is 45.6 Å². The van der Waals surface area contributed by atoms with Gasteiger partial charge < -0.3 is 9.53 Å². The lowest BCUT2D eigenvalue weighted by Gasteiger charge is -2.29. The second-order valence-corrected chi connectivity index (χ2v) is 13.7. The fraction of sp³-hybridized carbons (Fsp3) is 0.967. The molecule has 12 heteroatoms. The fourth-order valence-electron chi connectivity index (χ4n) is 0.161. The summed E-state index contributed by atoms with van der Waals surface area (Å²) in [5, 5.41) is 0. The Morgan fingerprint density at radius 2 is 0.690 bits per heavy atom. The van der Waals surface area contributed by atoms with Crippen LogP contribution in [0.15, 0.2) is 0 Å². The normalized spacial score (nSPS) is 9.57. The van der Waals surface area contributed by atoms with Gasteiger partial charge in [-0.3, -0.25) is 0 Å². The minimum absolute atomic E-state index is 0. The molecule has 0 rings (SSSR count). The molecule has 0 aromatic rings. The summed E-state index contributed by atoms with van der Waals surface area (Å²) in [6, 6.07) is 0.